The van der Waals surface area contributed by atoms with E-state index in [-0.39, 0.29) is 12.7 Å². The van der Waals surface area contributed by atoms with E-state index in [1.165, 1.54) is 11.1 Å². The summed E-state index contributed by atoms with van der Waals surface area (Å²) in [5.74, 6) is 1.20. The maximum atomic E-state index is 9.81. The van der Waals surface area contributed by atoms with Gasteiger partial charge < -0.3 is 29.7 Å². The molecule has 4 aromatic carbocycles. The van der Waals surface area contributed by atoms with Gasteiger partial charge in [0.15, 0.2) is 0 Å². The number of aliphatic hydroxyl groups excluding tert-OH is 2. The Morgan fingerprint density at radius 1 is 0.805 bits per heavy atom. The van der Waals surface area contributed by atoms with Gasteiger partial charge in [-0.15, -0.1) is 0 Å². The second-order valence-electron chi connectivity index (χ2n) is 10.8. The minimum absolute atomic E-state index is 0.0824. The van der Waals surface area contributed by atoms with Gasteiger partial charge in [0, 0.05) is 25.3 Å². The fraction of sp³-hybridized carbons (Fsp3) is 0.371. The molecule has 0 amide bonds. The van der Waals surface area contributed by atoms with Gasteiger partial charge in [0.1, 0.15) is 5.75 Å². The Morgan fingerprint density at radius 3 is 2.39 bits per heavy atom. The molecule has 3 N–H and O–H groups in total. The molecule has 216 valence electrons. The molecular formula is C35H41NO5. The smallest absolute Gasteiger partial charge is 0.119 e. The first-order chi connectivity index (χ1) is 20.2. The summed E-state index contributed by atoms with van der Waals surface area (Å²) >= 11 is 0. The number of benzene rings is 4. The third kappa shape index (κ3) is 8.62. The first-order valence-corrected chi connectivity index (χ1v) is 14.6. The van der Waals surface area contributed by atoms with Gasteiger partial charge >= 0.3 is 0 Å². The molecule has 1 aliphatic rings. The number of fused-ring (bicyclic) bond motifs is 1. The third-order valence-electron chi connectivity index (χ3n) is 7.66. The number of hydrogen-bond acceptors (Lipinski definition) is 6. The van der Waals surface area contributed by atoms with Crippen LogP contribution in [0.5, 0.6) is 5.75 Å². The van der Waals surface area contributed by atoms with Gasteiger partial charge in [-0.3, -0.25) is 0 Å². The molecular weight excluding hydrogens is 514 g/mol. The molecule has 1 fully saturated rings. The van der Waals surface area contributed by atoms with Crippen molar-refractivity contribution in [1.29, 1.82) is 0 Å². The number of piperidine rings is 1. The van der Waals surface area contributed by atoms with Crippen molar-refractivity contribution in [2.24, 2.45) is 0 Å². The maximum Gasteiger partial charge on any atom is 0.119 e. The molecule has 1 heterocycles. The van der Waals surface area contributed by atoms with Crippen molar-refractivity contribution < 1.29 is 24.4 Å². The molecule has 3 unspecified atom stereocenters. The Bertz CT molecular complexity index is 1340. The minimum Gasteiger partial charge on any atom is -0.494 e. The average Bonchev–Trinajstić information content (AvgIpc) is 3.02. The molecule has 6 nitrogen and oxygen atoms in total. The van der Waals surface area contributed by atoms with E-state index in [9.17, 15) is 10.2 Å². The number of hydrogen-bond donors (Lipinski definition) is 3. The van der Waals surface area contributed by atoms with Crippen LogP contribution < -0.4 is 10.1 Å². The Kier molecular flexibility index (Phi) is 10.8. The SMILES string of the molecule is OCC(O)Cc1ccc2ccc(COC3CNCCC3c3ccc(OCCCOCc4ccccc4)cc3)cc2c1. The standard InChI is InChI=1S/C35H41NO5/c37-23-32(38)21-27-7-9-29-10-8-28(20-31(29)19-27)25-41-35-22-36-16-15-34(35)30-11-13-33(14-12-30)40-18-4-17-39-24-26-5-2-1-3-6-26/h1-3,5-14,19-20,32,34-38H,4,15-18,21-25H2. The van der Waals surface area contributed by atoms with Crippen molar-refractivity contribution in [3.8, 4) is 5.75 Å². The van der Waals surface area contributed by atoms with Crippen LogP contribution >= 0.6 is 0 Å². The third-order valence-corrected chi connectivity index (χ3v) is 7.66. The van der Waals surface area contributed by atoms with Crippen LogP contribution in [0, 0.1) is 0 Å². The van der Waals surface area contributed by atoms with Crippen molar-refractivity contribution >= 4 is 10.8 Å². The molecule has 5 rings (SSSR count). The van der Waals surface area contributed by atoms with E-state index in [1.54, 1.807) is 0 Å². The first-order valence-electron chi connectivity index (χ1n) is 14.6. The van der Waals surface area contributed by atoms with Crippen LogP contribution in [0.15, 0.2) is 91.0 Å². The highest BCUT2D eigenvalue weighted by atomic mass is 16.5. The largest absolute Gasteiger partial charge is 0.494 e. The maximum absolute atomic E-state index is 9.81. The van der Waals surface area contributed by atoms with E-state index in [0.717, 1.165) is 53.6 Å². The molecule has 0 aromatic heterocycles. The minimum atomic E-state index is -0.736. The van der Waals surface area contributed by atoms with Gasteiger partial charge in [-0.1, -0.05) is 72.8 Å². The molecule has 4 aromatic rings. The zero-order valence-electron chi connectivity index (χ0n) is 23.6. The molecule has 0 spiro atoms. The van der Waals surface area contributed by atoms with Gasteiger partial charge in [0.25, 0.3) is 0 Å². The highest BCUT2D eigenvalue weighted by Gasteiger charge is 2.27. The number of rotatable bonds is 14. The topological polar surface area (TPSA) is 80.2 Å². The van der Waals surface area contributed by atoms with Crippen LogP contribution in [-0.2, 0) is 29.1 Å². The summed E-state index contributed by atoms with van der Waals surface area (Å²) in [4.78, 5) is 0. The van der Waals surface area contributed by atoms with Crippen molar-refractivity contribution in [2.45, 2.75) is 50.6 Å². The normalized spacial score (nSPS) is 17.9. The molecule has 41 heavy (non-hydrogen) atoms. The van der Waals surface area contributed by atoms with Gasteiger partial charge in [0.2, 0.25) is 0 Å². The van der Waals surface area contributed by atoms with Crippen molar-refractivity contribution in [3.05, 3.63) is 113 Å². The molecule has 0 bridgehead atoms. The lowest BCUT2D eigenvalue weighted by molar-refractivity contribution is 0.0106. The van der Waals surface area contributed by atoms with Crippen LogP contribution in [-0.4, -0.2) is 55.3 Å². The Labute approximate surface area is 242 Å². The van der Waals surface area contributed by atoms with Crippen LogP contribution in [0.4, 0.5) is 0 Å². The Balaban J connectivity index is 1.11. The second kappa shape index (κ2) is 15.1. The molecule has 6 heteroatoms. The summed E-state index contributed by atoms with van der Waals surface area (Å²) in [5.41, 5.74) is 4.60. The summed E-state index contributed by atoms with van der Waals surface area (Å²) in [6.45, 7) is 4.04. The Hall–Kier alpha value is -3.26. The number of ether oxygens (including phenoxy) is 3. The van der Waals surface area contributed by atoms with Crippen molar-refractivity contribution in [3.63, 3.8) is 0 Å². The van der Waals surface area contributed by atoms with Crippen molar-refractivity contribution in [1.82, 2.24) is 5.32 Å². The second-order valence-corrected chi connectivity index (χ2v) is 10.8. The summed E-state index contributed by atoms with van der Waals surface area (Å²) in [5, 5.41) is 24.7. The van der Waals surface area contributed by atoms with Crippen LogP contribution in [0.25, 0.3) is 10.8 Å². The van der Waals surface area contributed by atoms with E-state index in [0.29, 0.717) is 38.8 Å². The van der Waals surface area contributed by atoms with E-state index in [1.807, 2.05) is 24.3 Å². The fourth-order valence-corrected chi connectivity index (χ4v) is 5.42. The molecule has 0 saturated carbocycles. The lowest BCUT2D eigenvalue weighted by Crippen LogP contribution is -2.40. The summed E-state index contributed by atoms with van der Waals surface area (Å²) in [6.07, 6.45) is 1.66. The predicted molar refractivity (Wildman–Crippen MR) is 162 cm³/mol. The molecule has 3 atom stereocenters. The van der Waals surface area contributed by atoms with Crippen LogP contribution in [0.3, 0.4) is 0 Å². The van der Waals surface area contributed by atoms with E-state index < -0.39 is 6.10 Å². The summed E-state index contributed by atoms with van der Waals surface area (Å²) < 4.78 is 18.2. The summed E-state index contributed by atoms with van der Waals surface area (Å²) in [7, 11) is 0. The molecule has 0 aliphatic carbocycles. The van der Waals surface area contributed by atoms with Gasteiger partial charge in [-0.2, -0.15) is 0 Å². The van der Waals surface area contributed by atoms with Gasteiger partial charge in [-0.25, -0.2) is 0 Å². The van der Waals surface area contributed by atoms with Crippen LogP contribution in [0.1, 0.15) is 41.0 Å². The van der Waals surface area contributed by atoms with Gasteiger partial charge in [0.05, 0.1) is 45.2 Å². The molecule has 1 aliphatic heterocycles. The zero-order valence-corrected chi connectivity index (χ0v) is 23.6. The van der Waals surface area contributed by atoms with Crippen LogP contribution in [0.2, 0.25) is 0 Å². The average molecular weight is 556 g/mol. The van der Waals surface area contributed by atoms with E-state index >= 15 is 0 Å². The molecule has 1 saturated heterocycles. The summed E-state index contributed by atoms with van der Waals surface area (Å²) in [6, 6.07) is 31.2. The van der Waals surface area contributed by atoms with Gasteiger partial charge in [-0.05, 0) is 64.2 Å². The number of aliphatic hydroxyl groups is 2. The molecule has 0 radical (unpaired) electrons. The van der Waals surface area contributed by atoms with E-state index in [2.05, 4.69) is 72.0 Å². The number of nitrogens with one attached hydrogen (secondary N) is 1. The lowest BCUT2D eigenvalue weighted by atomic mass is 9.87. The van der Waals surface area contributed by atoms with Crippen molar-refractivity contribution in [2.75, 3.05) is 32.9 Å². The van der Waals surface area contributed by atoms with E-state index in [4.69, 9.17) is 14.2 Å². The Morgan fingerprint density at radius 2 is 1.59 bits per heavy atom. The zero-order chi connectivity index (χ0) is 28.3. The fourth-order valence-electron chi connectivity index (χ4n) is 5.42. The predicted octanol–water partition coefficient (Wildman–Crippen LogP) is 5.38. The highest BCUT2D eigenvalue weighted by molar-refractivity contribution is 5.83. The monoisotopic (exact) mass is 555 g/mol. The highest BCUT2D eigenvalue weighted by Crippen LogP contribution is 2.30. The first kappa shape index (κ1) is 29.2. The quantitative estimate of drug-likeness (QED) is 0.181. The lowest BCUT2D eigenvalue weighted by Gasteiger charge is -2.32.